The summed E-state index contributed by atoms with van der Waals surface area (Å²) in [7, 11) is 6.01. The van der Waals surface area contributed by atoms with Crippen molar-refractivity contribution in [3.8, 4) is 11.6 Å². The number of hydrogen-bond donors (Lipinski definition) is 1. The van der Waals surface area contributed by atoms with E-state index >= 15 is 0 Å². The molecule has 12 nitrogen and oxygen atoms in total. The van der Waals surface area contributed by atoms with Crippen LogP contribution < -0.4 is 20.0 Å². The average Bonchev–Trinajstić information content (AvgIpc) is 3.66. The van der Waals surface area contributed by atoms with Gasteiger partial charge in [0.2, 0.25) is 11.3 Å². The monoisotopic (exact) mass is 688 g/mol. The van der Waals surface area contributed by atoms with E-state index in [0.29, 0.717) is 45.4 Å². The quantitative estimate of drug-likeness (QED) is 0.233. The highest BCUT2D eigenvalue weighted by atomic mass is 35.5. The number of carbonyl (C=O) groups is 1. The molecule has 1 aromatic carbocycles. The number of carboxylic acid groups (broad SMARTS) is 1. The predicted molar refractivity (Wildman–Crippen MR) is 185 cm³/mol. The van der Waals surface area contributed by atoms with E-state index in [-0.39, 0.29) is 29.5 Å². The van der Waals surface area contributed by atoms with Gasteiger partial charge < -0.3 is 29.1 Å². The third-order valence-corrected chi connectivity index (χ3v) is 9.88. The van der Waals surface area contributed by atoms with E-state index in [0.717, 1.165) is 30.9 Å². The smallest absolute Gasteiger partial charge is 0.341 e. The molecule has 2 aliphatic rings. The molecule has 48 heavy (non-hydrogen) atoms. The lowest BCUT2D eigenvalue weighted by molar-refractivity contribution is 0.0695. The van der Waals surface area contributed by atoms with Gasteiger partial charge in [0, 0.05) is 62.6 Å². The van der Waals surface area contributed by atoms with Gasteiger partial charge in [-0.1, -0.05) is 23.2 Å². The third kappa shape index (κ3) is 5.95. The summed E-state index contributed by atoms with van der Waals surface area (Å²) in [5.74, 6) is -0.0195. The number of hydrogen-bond acceptors (Lipinski definition) is 9. The molecular weight excluding hydrogens is 655 g/mol. The van der Waals surface area contributed by atoms with Crippen LogP contribution in [0.4, 0.5) is 11.5 Å². The first kappa shape index (κ1) is 31.9. The van der Waals surface area contributed by atoms with E-state index in [1.165, 1.54) is 6.20 Å². The third-order valence-electron chi connectivity index (χ3n) is 9.29. The van der Waals surface area contributed by atoms with Gasteiger partial charge in [0.1, 0.15) is 23.0 Å². The molecular formula is C34H34Cl2N8O4. The molecule has 0 bridgehead atoms. The van der Waals surface area contributed by atoms with Crippen LogP contribution in [-0.4, -0.2) is 92.7 Å². The Balaban J connectivity index is 1.29. The number of fused-ring (bicyclic) bond motifs is 1. The summed E-state index contributed by atoms with van der Waals surface area (Å²) in [6, 6.07) is 11.0. The number of likely N-dealkylation sites (N-methyl/N-ethyl adjacent to an activating group) is 1. The number of aromatic carboxylic acids is 1. The number of aryl methyl sites for hydroxylation is 1. The summed E-state index contributed by atoms with van der Waals surface area (Å²) in [6.07, 6.45) is 9.30. The Morgan fingerprint density at radius 1 is 1.06 bits per heavy atom. The van der Waals surface area contributed by atoms with Crippen LogP contribution in [0.1, 0.15) is 28.3 Å². The number of aromatic nitrogens is 5. The molecule has 14 heteroatoms. The molecule has 0 amide bonds. The van der Waals surface area contributed by atoms with Gasteiger partial charge in [0.05, 0.1) is 40.3 Å². The highest BCUT2D eigenvalue weighted by Crippen LogP contribution is 2.40. The molecule has 4 aromatic heterocycles. The van der Waals surface area contributed by atoms with Gasteiger partial charge >= 0.3 is 5.97 Å². The minimum atomic E-state index is -1.32. The highest BCUT2D eigenvalue weighted by molar-refractivity contribution is 6.34. The van der Waals surface area contributed by atoms with Crippen molar-refractivity contribution >= 4 is 51.6 Å². The Kier molecular flexibility index (Phi) is 8.48. The fourth-order valence-electron chi connectivity index (χ4n) is 6.51. The van der Waals surface area contributed by atoms with E-state index < -0.39 is 11.4 Å². The largest absolute Gasteiger partial charge is 0.477 e. The molecule has 0 aliphatic carbocycles. The zero-order valence-corrected chi connectivity index (χ0v) is 28.1. The van der Waals surface area contributed by atoms with Gasteiger partial charge in [-0.25, -0.2) is 14.8 Å². The maximum atomic E-state index is 13.5. The second kappa shape index (κ2) is 12.8. The number of ether oxygens (including phenoxy) is 1. The molecule has 2 saturated heterocycles. The minimum absolute atomic E-state index is 0.125. The zero-order chi connectivity index (χ0) is 33.7. The fraction of sp³-hybridized carbons (Fsp3) is 0.324. The lowest BCUT2D eigenvalue weighted by atomic mass is 10.00. The summed E-state index contributed by atoms with van der Waals surface area (Å²) in [5, 5.41) is 15.3. The molecule has 2 atom stereocenters. The second-order valence-corrected chi connectivity index (χ2v) is 13.4. The first-order valence-electron chi connectivity index (χ1n) is 15.6. The molecule has 1 N–H and O–H groups in total. The Morgan fingerprint density at radius 2 is 1.88 bits per heavy atom. The van der Waals surface area contributed by atoms with E-state index in [1.807, 2.05) is 37.6 Å². The van der Waals surface area contributed by atoms with Gasteiger partial charge in [-0.2, -0.15) is 5.10 Å². The average molecular weight is 690 g/mol. The number of halogens is 2. The molecule has 0 spiro atoms. The Hall–Kier alpha value is -4.65. The van der Waals surface area contributed by atoms with Crippen LogP contribution >= 0.6 is 23.2 Å². The summed E-state index contributed by atoms with van der Waals surface area (Å²) >= 11 is 13.3. The Morgan fingerprint density at radius 3 is 2.54 bits per heavy atom. The van der Waals surface area contributed by atoms with E-state index in [1.54, 1.807) is 39.8 Å². The van der Waals surface area contributed by atoms with E-state index in [4.69, 9.17) is 32.9 Å². The minimum Gasteiger partial charge on any atom is -0.477 e. The van der Waals surface area contributed by atoms with Crippen molar-refractivity contribution in [3.63, 3.8) is 0 Å². The maximum Gasteiger partial charge on any atom is 0.341 e. The van der Waals surface area contributed by atoms with Crippen molar-refractivity contribution in [3.05, 3.63) is 98.8 Å². The molecule has 7 rings (SSSR count). The molecule has 2 fully saturated rings. The molecule has 6 heterocycles. The first-order valence-corrected chi connectivity index (χ1v) is 16.3. The standard InChI is InChI=1S/C34H34Cl2N8O4/c1-40(2)24-16-42(17-24)31-7-6-22(13-38-31)44-18-26(34(46)47)32(45)25-10-28(36)30(11-29(25)44)43-15-20(21-12-39-41(3)14-21)9-23(43)19-48-33-27(35)5-4-8-37-33/h4-8,10-14,18,20,23-24H,9,15-17,19H2,1-3H3,(H,46,47)/t20-,23+/m0/s1. The van der Waals surface area contributed by atoms with Crippen molar-refractivity contribution in [2.45, 2.75) is 24.4 Å². The molecule has 2 aliphatic heterocycles. The Labute approximate surface area is 286 Å². The van der Waals surface area contributed by atoms with Crippen LogP contribution in [0.15, 0.2) is 72.2 Å². The van der Waals surface area contributed by atoms with Crippen molar-refractivity contribution in [1.82, 2.24) is 29.2 Å². The maximum absolute atomic E-state index is 13.5. The first-order chi connectivity index (χ1) is 23.1. The van der Waals surface area contributed by atoms with Crippen LogP contribution in [0.25, 0.3) is 16.6 Å². The van der Waals surface area contributed by atoms with Crippen LogP contribution in [-0.2, 0) is 7.05 Å². The highest BCUT2D eigenvalue weighted by Gasteiger charge is 2.36. The molecule has 0 saturated carbocycles. The number of benzene rings is 1. The van der Waals surface area contributed by atoms with Gasteiger partial charge in [0.25, 0.3) is 0 Å². The van der Waals surface area contributed by atoms with Gasteiger partial charge in [-0.15, -0.1) is 0 Å². The Bertz CT molecular complexity index is 2060. The van der Waals surface area contributed by atoms with Gasteiger partial charge in [-0.3, -0.25) is 9.48 Å². The summed E-state index contributed by atoms with van der Waals surface area (Å²) < 4.78 is 9.60. The normalized spacial score (nSPS) is 18.1. The predicted octanol–water partition coefficient (Wildman–Crippen LogP) is 4.71. The zero-order valence-electron chi connectivity index (χ0n) is 26.6. The summed E-state index contributed by atoms with van der Waals surface area (Å²) in [5.41, 5.74) is 1.93. The van der Waals surface area contributed by atoms with E-state index in [2.05, 4.69) is 38.9 Å². The molecule has 0 radical (unpaired) electrons. The summed E-state index contributed by atoms with van der Waals surface area (Å²) in [4.78, 5) is 41.2. The fourth-order valence-corrected chi connectivity index (χ4v) is 6.96. The van der Waals surface area contributed by atoms with Crippen molar-refractivity contribution in [2.24, 2.45) is 7.05 Å². The second-order valence-electron chi connectivity index (χ2n) is 12.6. The number of nitrogens with zero attached hydrogens (tertiary/aromatic N) is 8. The number of carboxylic acids is 1. The number of rotatable bonds is 9. The topological polar surface area (TPSA) is 122 Å². The molecule has 5 aromatic rings. The van der Waals surface area contributed by atoms with Crippen LogP contribution in [0.5, 0.6) is 5.88 Å². The van der Waals surface area contributed by atoms with Crippen LogP contribution in [0, 0.1) is 0 Å². The molecule has 0 unspecified atom stereocenters. The summed E-state index contributed by atoms with van der Waals surface area (Å²) in [6.45, 7) is 2.64. The van der Waals surface area contributed by atoms with Crippen molar-refractivity contribution < 1.29 is 14.6 Å². The van der Waals surface area contributed by atoms with Gasteiger partial charge in [0.15, 0.2) is 0 Å². The van der Waals surface area contributed by atoms with E-state index in [9.17, 15) is 14.7 Å². The lowest BCUT2D eigenvalue weighted by Crippen LogP contribution is -2.57. The van der Waals surface area contributed by atoms with Crippen molar-refractivity contribution in [2.75, 3.05) is 50.1 Å². The number of pyridine rings is 3. The van der Waals surface area contributed by atoms with Crippen molar-refractivity contribution in [1.29, 1.82) is 0 Å². The van der Waals surface area contributed by atoms with Crippen LogP contribution in [0.3, 0.4) is 0 Å². The SMILES string of the molecule is CN(C)C1CN(c2ccc(-n3cc(C(=O)O)c(=O)c4cc(Cl)c(N5C[C@@H](c6cnn(C)c6)C[C@@H]5COc5ncccc5Cl)cc43)cn2)C1. The lowest BCUT2D eigenvalue weighted by Gasteiger charge is -2.43. The molecule has 248 valence electrons. The van der Waals surface area contributed by atoms with Crippen LogP contribution in [0.2, 0.25) is 10.0 Å². The van der Waals surface area contributed by atoms with Gasteiger partial charge in [-0.05, 0) is 62.5 Å². The number of anilines is 2.